The fraction of sp³-hybridized carbons (Fsp3) is 0.538. The van der Waals surface area contributed by atoms with Gasteiger partial charge in [-0.15, -0.1) is 0 Å². The van der Waals surface area contributed by atoms with Crippen LogP contribution in [0.3, 0.4) is 0 Å². The monoisotopic (exact) mass is 304 g/mol. The van der Waals surface area contributed by atoms with Crippen molar-refractivity contribution in [3.63, 3.8) is 0 Å². The molecule has 6 heteroatoms. The van der Waals surface area contributed by atoms with Gasteiger partial charge in [-0.05, 0) is 30.5 Å². The number of halogens is 1. The zero-order chi connectivity index (χ0) is 13.9. The van der Waals surface area contributed by atoms with Crippen molar-refractivity contribution >= 4 is 21.7 Å². The number of benzene rings is 1. The SMILES string of the molecule is CS(=O)(=O)OC1CCOC(Cc2ccc(Cl)cc2)C1. The lowest BCUT2D eigenvalue weighted by molar-refractivity contribution is -0.0318. The lowest BCUT2D eigenvalue weighted by atomic mass is 9.99. The summed E-state index contributed by atoms with van der Waals surface area (Å²) in [5, 5.41) is 0.701. The summed E-state index contributed by atoms with van der Waals surface area (Å²) in [6.45, 7) is 0.526. The van der Waals surface area contributed by atoms with Crippen LogP contribution in [0, 0.1) is 0 Å². The minimum Gasteiger partial charge on any atom is -0.378 e. The molecule has 1 aromatic rings. The lowest BCUT2D eigenvalue weighted by Gasteiger charge is -2.28. The average molecular weight is 305 g/mol. The summed E-state index contributed by atoms with van der Waals surface area (Å²) < 4.78 is 32.9. The maximum Gasteiger partial charge on any atom is 0.264 e. The van der Waals surface area contributed by atoms with Crippen molar-refractivity contribution in [3.05, 3.63) is 34.9 Å². The molecule has 1 aliphatic heterocycles. The smallest absolute Gasteiger partial charge is 0.264 e. The normalized spacial score (nSPS) is 24.3. The van der Waals surface area contributed by atoms with Crippen LogP contribution in [0.4, 0.5) is 0 Å². The summed E-state index contributed by atoms with van der Waals surface area (Å²) >= 11 is 5.83. The van der Waals surface area contributed by atoms with Gasteiger partial charge in [-0.1, -0.05) is 23.7 Å². The second kappa shape index (κ2) is 6.22. The largest absolute Gasteiger partial charge is 0.378 e. The highest BCUT2D eigenvalue weighted by Gasteiger charge is 2.26. The first-order chi connectivity index (χ1) is 8.92. The van der Waals surface area contributed by atoms with Gasteiger partial charge in [-0.25, -0.2) is 0 Å². The zero-order valence-electron chi connectivity index (χ0n) is 10.7. The van der Waals surface area contributed by atoms with Crippen molar-refractivity contribution in [2.24, 2.45) is 0 Å². The van der Waals surface area contributed by atoms with Crippen molar-refractivity contribution in [3.8, 4) is 0 Å². The third-order valence-electron chi connectivity index (χ3n) is 3.01. The van der Waals surface area contributed by atoms with Gasteiger partial charge in [0.1, 0.15) is 0 Å². The highest BCUT2D eigenvalue weighted by atomic mass is 35.5. The van der Waals surface area contributed by atoms with Crippen molar-refractivity contribution in [1.29, 1.82) is 0 Å². The third kappa shape index (κ3) is 5.10. The van der Waals surface area contributed by atoms with E-state index < -0.39 is 10.1 Å². The molecular weight excluding hydrogens is 288 g/mol. The highest BCUT2D eigenvalue weighted by Crippen LogP contribution is 2.22. The van der Waals surface area contributed by atoms with E-state index in [1.165, 1.54) is 0 Å². The van der Waals surface area contributed by atoms with E-state index in [1.54, 1.807) is 0 Å². The first-order valence-corrected chi connectivity index (χ1v) is 8.36. The van der Waals surface area contributed by atoms with Gasteiger partial charge in [0.05, 0.1) is 18.5 Å². The fourth-order valence-corrected chi connectivity index (χ4v) is 3.00. The van der Waals surface area contributed by atoms with Gasteiger partial charge < -0.3 is 4.74 Å². The van der Waals surface area contributed by atoms with Gasteiger partial charge >= 0.3 is 0 Å². The molecule has 1 heterocycles. The van der Waals surface area contributed by atoms with Gasteiger partial charge in [0.25, 0.3) is 10.1 Å². The van der Waals surface area contributed by atoms with E-state index >= 15 is 0 Å². The summed E-state index contributed by atoms with van der Waals surface area (Å²) in [6.07, 6.45) is 2.74. The van der Waals surface area contributed by atoms with Crippen LogP contribution in [0.15, 0.2) is 24.3 Å². The Labute approximate surface area is 118 Å². The number of hydrogen-bond donors (Lipinski definition) is 0. The Bertz CT molecular complexity index is 512. The van der Waals surface area contributed by atoms with Gasteiger partial charge in [0, 0.05) is 18.1 Å². The molecular formula is C13H17ClO4S. The van der Waals surface area contributed by atoms with Crippen LogP contribution in [-0.2, 0) is 25.5 Å². The van der Waals surface area contributed by atoms with Crippen LogP contribution in [0.25, 0.3) is 0 Å². The zero-order valence-corrected chi connectivity index (χ0v) is 12.3. The minimum atomic E-state index is -3.40. The molecule has 0 N–H and O–H groups in total. The van der Waals surface area contributed by atoms with Crippen molar-refractivity contribution in [2.45, 2.75) is 31.5 Å². The summed E-state index contributed by atoms with van der Waals surface area (Å²) in [5.41, 5.74) is 1.12. The summed E-state index contributed by atoms with van der Waals surface area (Å²) in [7, 11) is -3.40. The molecule has 1 saturated heterocycles. The molecule has 0 bridgehead atoms. The maximum absolute atomic E-state index is 11.1. The van der Waals surface area contributed by atoms with Gasteiger partial charge in [0.15, 0.2) is 0 Å². The predicted octanol–water partition coefficient (Wildman–Crippen LogP) is 2.41. The quantitative estimate of drug-likeness (QED) is 0.802. The first-order valence-electron chi connectivity index (χ1n) is 6.17. The highest BCUT2D eigenvalue weighted by molar-refractivity contribution is 7.86. The molecule has 106 valence electrons. The Morgan fingerprint density at radius 1 is 1.37 bits per heavy atom. The maximum atomic E-state index is 11.1. The van der Waals surface area contributed by atoms with E-state index in [-0.39, 0.29) is 12.2 Å². The van der Waals surface area contributed by atoms with E-state index in [4.69, 9.17) is 20.5 Å². The molecule has 0 saturated carbocycles. The second-order valence-corrected chi connectivity index (χ2v) is 6.81. The number of rotatable bonds is 4. The third-order valence-corrected chi connectivity index (χ3v) is 3.88. The molecule has 2 rings (SSSR count). The molecule has 19 heavy (non-hydrogen) atoms. The van der Waals surface area contributed by atoms with Gasteiger partial charge in [-0.3, -0.25) is 4.18 Å². The summed E-state index contributed by atoms with van der Waals surface area (Å²) in [6, 6.07) is 7.58. The van der Waals surface area contributed by atoms with Crippen LogP contribution in [0.5, 0.6) is 0 Å². The van der Waals surface area contributed by atoms with Gasteiger partial charge in [-0.2, -0.15) is 8.42 Å². The fourth-order valence-electron chi connectivity index (χ4n) is 2.21. The van der Waals surface area contributed by atoms with E-state index in [2.05, 4.69) is 0 Å². The molecule has 2 unspecified atom stereocenters. The molecule has 1 aromatic carbocycles. The molecule has 0 aromatic heterocycles. The van der Waals surface area contributed by atoms with Crippen molar-refractivity contribution in [1.82, 2.24) is 0 Å². The van der Waals surface area contributed by atoms with E-state index in [0.29, 0.717) is 24.5 Å². The minimum absolute atomic E-state index is 0.0123. The van der Waals surface area contributed by atoms with Crippen molar-refractivity contribution in [2.75, 3.05) is 12.9 Å². The number of ether oxygens (including phenoxy) is 1. The van der Waals surface area contributed by atoms with E-state index in [1.807, 2.05) is 24.3 Å². The molecule has 2 atom stereocenters. The lowest BCUT2D eigenvalue weighted by Crippen LogP contribution is -2.33. The van der Waals surface area contributed by atoms with Crippen LogP contribution < -0.4 is 0 Å². The first kappa shape index (κ1) is 14.8. The Balaban J connectivity index is 1.92. The Hall–Kier alpha value is -0.620. The molecule has 1 fully saturated rings. The molecule has 0 spiro atoms. The molecule has 0 aliphatic carbocycles. The molecule has 4 nitrogen and oxygen atoms in total. The predicted molar refractivity (Wildman–Crippen MR) is 73.8 cm³/mol. The van der Waals surface area contributed by atoms with E-state index in [9.17, 15) is 8.42 Å². The Morgan fingerprint density at radius 3 is 2.68 bits per heavy atom. The average Bonchev–Trinajstić information content (AvgIpc) is 2.30. The standard InChI is InChI=1S/C13H17ClO4S/c1-19(15,16)18-12-6-7-17-13(9-12)8-10-2-4-11(14)5-3-10/h2-5,12-13H,6-9H2,1H3. The Kier molecular flexibility index (Phi) is 4.84. The van der Waals surface area contributed by atoms with Crippen LogP contribution >= 0.6 is 11.6 Å². The van der Waals surface area contributed by atoms with E-state index in [0.717, 1.165) is 18.2 Å². The molecule has 0 amide bonds. The summed E-state index contributed by atoms with van der Waals surface area (Å²) in [5.74, 6) is 0. The van der Waals surface area contributed by atoms with Gasteiger partial charge in [0.2, 0.25) is 0 Å². The summed E-state index contributed by atoms with van der Waals surface area (Å²) in [4.78, 5) is 0. The Morgan fingerprint density at radius 2 is 2.05 bits per heavy atom. The molecule has 0 radical (unpaired) electrons. The van der Waals surface area contributed by atoms with Crippen LogP contribution in [0.2, 0.25) is 5.02 Å². The van der Waals surface area contributed by atoms with Crippen LogP contribution in [-0.4, -0.2) is 33.5 Å². The second-order valence-electron chi connectivity index (χ2n) is 4.77. The molecule has 1 aliphatic rings. The number of hydrogen-bond acceptors (Lipinski definition) is 4. The van der Waals surface area contributed by atoms with Crippen LogP contribution in [0.1, 0.15) is 18.4 Å². The van der Waals surface area contributed by atoms with Crippen molar-refractivity contribution < 1.29 is 17.3 Å². The topological polar surface area (TPSA) is 52.6 Å².